The van der Waals surface area contributed by atoms with Gasteiger partial charge < -0.3 is 9.68 Å². The van der Waals surface area contributed by atoms with Gasteiger partial charge in [-0.1, -0.05) is 52.7 Å². The molecule has 22 heavy (non-hydrogen) atoms. The molecular formula is C14H30N4O4. The number of carbonyl (C=O) groups is 2. The Morgan fingerprint density at radius 1 is 0.727 bits per heavy atom. The van der Waals surface area contributed by atoms with Crippen molar-refractivity contribution in [3.05, 3.63) is 0 Å². The number of rotatable bonds is 8. The van der Waals surface area contributed by atoms with E-state index >= 15 is 0 Å². The van der Waals surface area contributed by atoms with Gasteiger partial charge in [-0.05, 0) is 23.7 Å². The van der Waals surface area contributed by atoms with E-state index in [4.69, 9.17) is 0 Å². The van der Waals surface area contributed by atoms with Gasteiger partial charge in [0.2, 0.25) is 0 Å². The second-order valence-electron chi connectivity index (χ2n) is 7.46. The fourth-order valence-corrected chi connectivity index (χ4v) is 1.23. The molecule has 0 fully saturated rings. The molecule has 0 bridgehead atoms. The highest BCUT2D eigenvalue weighted by atomic mass is 16.8. The predicted molar refractivity (Wildman–Crippen MR) is 82.6 cm³/mol. The Morgan fingerprint density at radius 2 is 1.05 bits per heavy atom. The molecule has 4 N–H and O–H groups in total. The molecule has 8 heteroatoms. The molecule has 0 aromatic carbocycles. The van der Waals surface area contributed by atoms with E-state index in [-0.39, 0.29) is 10.8 Å². The van der Waals surface area contributed by atoms with E-state index in [1.54, 1.807) is 0 Å². The van der Waals surface area contributed by atoms with Crippen molar-refractivity contribution in [3.63, 3.8) is 0 Å². The molecule has 0 aliphatic carbocycles. The summed E-state index contributed by atoms with van der Waals surface area (Å²) in [6, 6.07) is 0. The highest BCUT2D eigenvalue weighted by Crippen LogP contribution is 2.17. The van der Waals surface area contributed by atoms with Crippen molar-refractivity contribution in [2.75, 3.05) is 13.1 Å². The lowest BCUT2D eigenvalue weighted by Crippen LogP contribution is -2.42. The van der Waals surface area contributed by atoms with E-state index in [1.165, 1.54) is 0 Å². The van der Waals surface area contributed by atoms with Crippen LogP contribution in [-0.2, 0) is 19.3 Å². The van der Waals surface area contributed by atoms with E-state index in [2.05, 4.69) is 73.2 Å². The van der Waals surface area contributed by atoms with Crippen LogP contribution in [0.5, 0.6) is 0 Å². The first kappa shape index (κ1) is 20.8. The van der Waals surface area contributed by atoms with Crippen molar-refractivity contribution >= 4 is 11.9 Å². The van der Waals surface area contributed by atoms with Gasteiger partial charge in [0, 0.05) is 13.1 Å². The number of hydrogen-bond donors (Lipinski definition) is 4. The molecule has 0 unspecified atom stereocenters. The second kappa shape index (κ2) is 9.73. The standard InChI is InChI=1S/C14H30N4O4/c1-13(2,3)7-9-15-17-21-11(19)12(20)22-18-16-10-8-14(4,5)6/h15-18H,7-10H2,1-6H3. The lowest BCUT2D eigenvalue weighted by molar-refractivity contribution is -0.179. The number of carbonyl (C=O) groups excluding carboxylic acids is 2. The predicted octanol–water partition coefficient (Wildman–Crippen LogP) is 0.964. The summed E-state index contributed by atoms with van der Waals surface area (Å²) in [4.78, 5) is 31.5. The zero-order chi connectivity index (χ0) is 17.2. The maximum Gasteiger partial charge on any atom is 0.439 e. The normalized spacial score (nSPS) is 12.1. The Balaban J connectivity index is 3.61. The van der Waals surface area contributed by atoms with Gasteiger partial charge in [0.15, 0.2) is 0 Å². The summed E-state index contributed by atoms with van der Waals surface area (Å²) >= 11 is 0. The van der Waals surface area contributed by atoms with Crippen molar-refractivity contribution in [2.24, 2.45) is 10.8 Å². The summed E-state index contributed by atoms with van der Waals surface area (Å²) in [5, 5.41) is 0. The van der Waals surface area contributed by atoms with Crippen LogP contribution in [0.25, 0.3) is 0 Å². The van der Waals surface area contributed by atoms with Gasteiger partial charge in [-0.2, -0.15) is 0 Å². The molecule has 0 rings (SSSR count). The minimum atomic E-state index is -1.15. The Bertz CT molecular complexity index is 314. The van der Waals surface area contributed by atoms with Gasteiger partial charge in [-0.15, -0.1) is 0 Å². The topological polar surface area (TPSA) is 101 Å². The molecule has 8 nitrogen and oxygen atoms in total. The van der Waals surface area contributed by atoms with Crippen LogP contribution in [0.15, 0.2) is 0 Å². The van der Waals surface area contributed by atoms with Crippen LogP contribution in [0.2, 0.25) is 0 Å². The van der Waals surface area contributed by atoms with Crippen LogP contribution in [0.3, 0.4) is 0 Å². The highest BCUT2D eigenvalue weighted by molar-refractivity contribution is 6.29. The van der Waals surface area contributed by atoms with Gasteiger partial charge in [0.1, 0.15) is 0 Å². The third-order valence-corrected chi connectivity index (χ3v) is 2.60. The second-order valence-corrected chi connectivity index (χ2v) is 7.46. The molecule has 0 aromatic heterocycles. The molecule has 130 valence electrons. The molecule has 0 heterocycles. The van der Waals surface area contributed by atoms with Crippen LogP contribution >= 0.6 is 0 Å². The summed E-state index contributed by atoms with van der Waals surface area (Å²) in [6.07, 6.45) is 1.75. The fourth-order valence-electron chi connectivity index (χ4n) is 1.23. The summed E-state index contributed by atoms with van der Waals surface area (Å²) in [5.41, 5.74) is 10.1. The number of hydrogen-bond acceptors (Lipinski definition) is 8. The Morgan fingerprint density at radius 3 is 1.32 bits per heavy atom. The largest absolute Gasteiger partial charge is 0.439 e. The maximum atomic E-state index is 11.3. The zero-order valence-corrected chi connectivity index (χ0v) is 14.5. The van der Waals surface area contributed by atoms with Crippen molar-refractivity contribution in [1.82, 2.24) is 22.0 Å². The van der Waals surface area contributed by atoms with Crippen LogP contribution in [0, 0.1) is 10.8 Å². The molecule has 0 saturated heterocycles. The van der Waals surface area contributed by atoms with Gasteiger partial charge in [-0.3, -0.25) is 0 Å². The smallest absolute Gasteiger partial charge is 0.346 e. The van der Waals surface area contributed by atoms with E-state index < -0.39 is 11.9 Å². The summed E-state index contributed by atoms with van der Waals surface area (Å²) in [7, 11) is 0. The zero-order valence-electron chi connectivity index (χ0n) is 14.5. The molecule has 0 atom stereocenters. The molecule has 0 aliphatic heterocycles. The van der Waals surface area contributed by atoms with E-state index in [0.29, 0.717) is 13.1 Å². The van der Waals surface area contributed by atoms with Crippen molar-refractivity contribution < 1.29 is 19.3 Å². The summed E-state index contributed by atoms with van der Waals surface area (Å²) in [6.45, 7) is 13.8. The first-order valence-electron chi connectivity index (χ1n) is 7.39. The Kier molecular flexibility index (Phi) is 9.19. The molecule has 0 aliphatic rings. The van der Waals surface area contributed by atoms with Crippen LogP contribution < -0.4 is 22.0 Å². The minimum Gasteiger partial charge on any atom is -0.346 e. The third kappa shape index (κ3) is 13.7. The average molecular weight is 318 g/mol. The Labute approximate surface area is 132 Å². The van der Waals surface area contributed by atoms with E-state index in [1.807, 2.05) is 0 Å². The molecule has 0 amide bonds. The first-order chi connectivity index (χ1) is 10.0. The Hall–Kier alpha value is -1.22. The van der Waals surface area contributed by atoms with Gasteiger partial charge >= 0.3 is 11.9 Å². The molecular weight excluding hydrogens is 288 g/mol. The van der Waals surface area contributed by atoms with Crippen molar-refractivity contribution in [1.29, 1.82) is 0 Å². The fraction of sp³-hybridized carbons (Fsp3) is 0.857. The van der Waals surface area contributed by atoms with Crippen molar-refractivity contribution in [3.8, 4) is 0 Å². The number of hydrazine groups is 2. The molecule has 0 spiro atoms. The average Bonchev–Trinajstić information content (AvgIpc) is 2.34. The monoisotopic (exact) mass is 318 g/mol. The van der Waals surface area contributed by atoms with Crippen molar-refractivity contribution in [2.45, 2.75) is 54.4 Å². The molecule has 0 saturated carbocycles. The summed E-state index contributed by atoms with van der Waals surface area (Å²) in [5.74, 6) is -2.29. The molecule has 0 radical (unpaired) electrons. The van der Waals surface area contributed by atoms with Crippen LogP contribution in [0.4, 0.5) is 0 Å². The van der Waals surface area contributed by atoms with E-state index in [9.17, 15) is 9.59 Å². The number of nitrogens with one attached hydrogen (secondary N) is 4. The highest BCUT2D eigenvalue weighted by Gasteiger charge is 2.18. The third-order valence-electron chi connectivity index (χ3n) is 2.60. The summed E-state index contributed by atoms with van der Waals surface area (Å²) < 4.78 is 0. The van der Waals surface area contributed by atoms with Gasteiger partial charge in [0.25, 0.3) is 0 Å². The minimum absolute atomic E-state index is 0.167. The molecule has 0 aromatic rings. The quantitative estimate of drug-likeness (QED) is 0.298. The first-order valence-corrected chi connectivity index (χ1v) is 7.39. The van der Waals surface area contributed by atoms with Gasteiger partial charge in [-0.25, -0.2) is 20.4 Å². The van der Waals surface area contributed by atoms with E-state index in [0.717, 1.165) is 12.8 Å². The van der Waals surface area contributed by atoms with Gasteiger partial charge in [0.05, 0.1) is 0 Å². The lowest BCUT2D eigenvalue weighted by Gasteiger charge is -2.18. The maximum absolute atomic E-state index is 11.3. The lowest BCUT2D eigenvalue weighted by atomic mass is 9.93. The van der Waals surface area contributed by atoms with Crippen LogP contribution in [0.1, 0.15) is 54.4 Å². The SMILES string of the molecule is CC(C)(C)CCNNOC(=O)C(=O)ONNCCC(C)(C)C. The van der Waals surface area contributed by atoms with Crippen LogP contribution in [-0.4, -0.2) is 25.0 Å².